The number of aromatic nitrogens is 2. The van der Waals surface area contributed by atoms with Crippen LogP contribution in [-0.4, -0.2) is 32.3 Å². The van der Waals surface area contributed by atoms with Crippen LogP contribution in [0.2, 0.25) is 5.02 Å². The van der Waals surface area contributed by atoms with Gasteiger partial charge in [0, 0.05) is 36.3 Å². The van der Waals surface area contributed by atoms with E-state index >= 15 is 0 Å². The molecular formula is C23H20ClF2N3O3. The Morgan fingerprint density at radius 1 is 1.12 bits per heavy atom. The van der Waals surface area contributed by atoms with Crippen LogP contribution in [0.1, 0.15) is 38.3 Å². The topological polar surface area (TPSA) is 75.4 Å². The number of benzene rings is 2. The zero-order valence-electron chi connectivity index (χ0n) is 17.2. The van der Waals surface area contributed by atoms with Crippen LogP contribution in [0.5, 0.6) is 0 Å². The van der Waals surface area contributed by atoms with E-state index in [2.05, 4.69) is 5.10 Å². The highest BCUT2D eigenvalue weighted by Gasteiger charge is 2.24. The summed E-state index contributed by atoms with van der Waals surface area (Å²) in [4.78, 5) is 26.7. The highest BCUT2D eigenvalue weighted by Crippen LogP contribution is 2.22. The van der Waals surface area contributed by atoms with E-state index in [-0.39, 0.29) is 22.7 Å². The molecule has 4 rings (SSSR count). The maximum atomic E-state index is 13.5. The van der Waals surface area contributed by atoms with Gasteiger partial charge >= 0.3 is 5.97 Å². The Kier molecular flexibility index (Phi) is 6.08. The van der Waals surface area contributed by atoms with Crippen molar-refractivity contribution in [1.82, 2.24) is 14.7 Å². The Balaban J connectivity index is 1.64. The second-order valence-corrected chi connectivity index (χ2v) is 8.29. The molecule has 0 radical (unpaired) electrons. The molecule has 0 saturated carbocycles. The van der Waals surface area contributed by atoms with Crippen LogP contribution < -0.4 is 5.56 Å². The highest BCUT2D eigenvalue weighted by molar-refractivity contribution is 6.30. The number of rotatable bonds is 5. The van der Waals surface area contributed by atoms with Crippen molar-refractivity contribution in [2.75, 3.05) is 6.54 Å². The molecule has 1 aliphatic heterocycles. The van der Waals surface area contributed by atoms with Gasteiger partial charge < -0.3 is 5.11 Å². The van der Waals surface area contributed by atoms with Crippen LogP contribution >= 0.6 is 11.6 Å². The van der Waals surface area contributed by atoms with Crippen molar-refractivity contribution in [2.45, 2.75) is 33.0 Å². The summed E-state index contributed by atoms with van der Waals surface area (Å²) in [6.07, 6.45) is 0.587. The molecule has 0 fully saturated rings. The van der Waals surface area contributed by atoms with Crippen LogP contribution in [0.4, 0.5) is 8.78 Å². The average Bonchev–Trinajstić information content (AvgIpc) is 2.72. The summed E-state index contributed by atoms with van der Waals surface area (Å²) in [5, 5.41) is 14.2. The van der Waals surface area contributed by atoms with Gasteiger partial charge in [-0.15, -0.1) is 0 Å². The van der Waals surface area contributed by atoms with Gasteiger partial charge in [-0.25, -0.2) is 18.3 Å². The highest BCUT2D eigenvalue weighted by atomic mass is 35.5. The van der Waals surface area contributed by atoms with Crippen molar-refractivity contribution in [3.8, 4) is 0 Å². The molecule has 1 aromatic heterocycles. The van der Waals surface area contributed by atoms with Crippen molar-refractivity contribution in [2.24, 2.45) is 0 Å². The Labute approximate surface area is 187 Å². The molecule has 166 valence electrons. The largest absolute Gasteiger partial charge is 0.478 e. The summed E-state index contributed by atoms with van der Waals surface area (Å²) in [6.45, 7) is 3.03. The van der Waals surface area contributed by atoms with Crippen LogP contribution in [0, 0.1) is 18.6 Å². The fraction of sp³-hybridized carbons (Fsp3) is 0.261. The standard InChI is InChI=1S/C23H20ClF2N3O3/c1-13-19-4-5-28(10-14-6-17(25)9-18(26)7-14)12-21(19)22(30)29(27-13)11-15-2-3-16(24)8-20(15)23(31)32/h2-3,6-9H,4-5,10-12H2,1H3,(H,31,32). The van der Waals surface area contributed by atoms with Crippen LogP contribution in [0.3, 0.4) is 0 Å². The fourth-order valence-corrected chi connectivity index (χ4v) is 4.28. The van der Waals surface area contributed by atoms with Crippen molar-refractivity contribution >= 4 is 17.6 Å². The molecular weight excluding hydrogens is 440 g/mol. The first-order valence-corrected chi connectivity index (χ1v) is 10.4. The summed E-state index contributed by atoms with van der Waals surface area (Å²) in [5.41, 5.74) is 2.72. The Bertz CT molecular complexity index is 1260. The zero-order chi connectivity index (χ0) is 23.0. The summed E-state index contributed by atoms with van der Waals surface area (Å²) in [6, 6.07) is 7.87. The number of nitrogens with zero attached hydrogens (tertiary/aromatic N) is 3. The second-order valence-electron chi connectivity index (χ2n) is 7.85. The summed E-state index contributed by atoms with van der Waals surface area (Å²) in [5.74, 6) is -2.42. The van der Waals surface area contributed by atoms with Gasteiger partial charge in [-0.05, 0) is 54.3 Å². The lowest BCUT2D eigenvalue weighted by Crippen LogP contribution is -2.38. The molecule has 3 aromatic rings. The third-order valence-electron chi connectivity index (χ3n) is 5.58. The Morgan fingerprint density at radius 2 is 1.84 bits per heavy atom. The number of aromatic carboxylic acids is 1. The van der Waals surface area contributed by atoms with E-state index in [0.29, 0.717) is 48.4 Å². The normalized spacial score (nSPS) is 13.8. The smallest absolute Gasteiger partial charge is 0.336 e. The van der Waals surface area contributed by atoms with Crippen LogP contribution in [0.25, 0.3) is 0 Å². The minimum Gasteiger partial charge on any atom is -0.478 e. The molecule has 0 spiro atoms. The molecule has 0 bridgehead atoms. The van der Waals surface area contributed by atoms with Crippen molar-refractivity contribution in [3.05, 3.63) is 96.9 Å². The van der Waals surface area contributed by atoms with E-state index in [1.807, 2.05) is 11.8 Å². The Hall–Kier alpha value is -3.10. The van der Waals surface area contributed by atoms with E-state index in [4.69, 9.17) is 11.6 Å². The molecule has 1 N–H and O–H groups in total. The Morgan fingerprint density at radius 3 is 2.53 bits per heavy atom. The predicted octanol–water partition coefficient (Wildman–Crippen LogP) is 3.79. The minimum atomic E-state index is -1.14. The van der Waals surface area contributed by atoms with E-state index in [9.17, 15) is 23.5 Å². The number of carbonyl (C=O) groups is 1. The predicted molar refractivity (Wildman–Crippen MR) is 115 cm³/mol. The van der Waals surface area contributed by atoms with Gasteiger partial charge in [0.2, 0.25) is 0 Å². The van der Waals surface area contributed by atoms with Crippen LogP contribution in [0.15, 0.2) is 41.2 Å². The maximum Gasteiger partial charge on any atom is 0.336 e. The fourth-order valence-electron chi connectivity index (χ4n) is 4.11. The molecule has 0 unspecified atom stereocenters. The number of fused-ring (bicyclic) bond motifs is 1. The van der Waals surface area contributed by atoms with Gasteiger partial charge in [0.05, 0.1) is 17.8 Å². The average molecular weight is 460 g/mol. The first kappa shape index (κ1) is 22.1. The summed E-state index contributed by atoms with van der Waals surface area (Å²) < 4.78 is 28.3. The first-order valence-electron chi connectivity index (χ1n) is 10.00. The SMILES string of the molecule is Cc1nn(Cc2ccc(Cl)cc2C(=O)O)c(=O)c2c1CCN(Cc1cc(F)cc(F)c1)C2. The van der Waals surface area contributed by atoms with E-state index in [1.165, 1.54) is 22.9 Å². The molecule has 32 heavy (non-hydrogen) atoms. The van der Waals surface area contributed by atoms with Crippen molar-refractivity contribution in [3.63, 3.8) is 0 Å². The zero-order valence-corrected chi connectivity index (χ0v) is 18.0. The number of carboxylic acids is 1. The lowest BCUT2D eigenvalue weighted by atomic mass is 9.99. The minimum absolute atomic E-state index is 0.0105. The molecule has 0 atom stereocenters. The summed E-state index contributed by atoms with van der Waals surface area (Å²) in [7, 11) is 0. The quantitative estimate of drug-likeness (QED) is 0.628. The molecule has 0 saturated heterocycles. The van der Waals surface area contributed by atoms with E-state index < -0.39 is 17.6 Å². The third-order valence-corrected chi connectivity index (χ3v) is 5.81. The number of halogens is 3. The van der Waals surface area contributed by atoms with Crippen molar-refractivity contribution < 1.29 is 18.7 Å². The maximum absolute atomic E-state index is 13.5. The summed E-state index contributed by atoms with van der Waals surface area (Å²) >= 11 is 5.92. The number of carboxylic acid groups (broad SMARTS) is 1. The lowest BCUT2D eigenvalue weighted by molar-refractivity contribution is 0.0695. The van der Waals surface area contributed by atoms with Gasteiger partial charge in [-0.1, -0.05) is 17.7 Å². The van der Waals surface area contributed by atoms with Crippen molar-refractivity contribution in [1.29, 1.82) is 0 Å². The lowest BCUT2D eigenvalue weighted by Gasteiger charge is -2.29. The first-order chi connectivity index (χ1) is 15.2. The van der Waals surface area contributed by atoms with Crippen LogP contribution in [-0.2, 0) is 26.1 Å². The number of aryl methyl sites for hydroxylation is 1. The molecule has 2 aromatic carbocycles. The third kappa shape index (κ3) is 4.56. The second kappa shape index (κ2) is 8.80. The molecule has 6 nitrogen and oxygen atoms in total. The van der Waals surface area contributed by atoms with Gasteiger partial charge in [0.15, 0.2) is 0 Å². The molecule has 0 aliphatic carbocycles. The monoisotopic (exact) mass is 459 g/mol. The molecule has 0 amide bonds. The number of hydrogen-bond donors (Lipinski definition) is 1. The van der Waals surface area contributed by atoms with Gasteiger partial charge in [0.25, 0.3) is 5.56 Å². The van der Waals surface area contributed by atoms with Gasteiger partial charge in [0.1, 0.15) is 11.6 Å². The molecule has 1 aliphatic rings. The molecule has 2 heterocycles. The van der Waals surface area contributed by atoms with E-state index in [1.54, 1.807) is 12.1 Å². The molecule has 9 heteroatoms. The number of hydrogen-bond acceptors (Lipinski definition) is 4. The van der Waals surface area contributed by atoms with E-state index in [0.717, 1.165) is 11.6 Å². The van der Waals surface area contributed by atoms with Gasteiger partial charge in [-0.2, -0.15) is 5.10 Å². The van der Waals surface area contributed by atoms with Gasteiger partial charge in [-0.3, -0.25) is 9.69 Å².